The van der Waals surface area contributed by atoms with Crippen LogP contribution in [0.4, 0.5) is 23.9 Å². The maximum Gasteiger partial charge on any atom is 0.416 e. The number of imide groups is 1. The largest absolute Gasteiger partial charge is 0.416 e. The van der Waals surface area contributed by atoms with Gasteiger partial charge < -0.3 is 10.2 Å². The lowest BCUT2D eigenvalue weighted by Gasteiger charge is -2.30. The number of thiophene rings is 1. The molecule has 2 aliphatic rings. The van der Waals surface area contributed by atoms with E-state index < -0.39 is 23.6 Å². The zero-order chi connectivity index (χ0) is 31.7. The van der Waals surface area contributed by atoms with E-state index >= 15 is 0 Å². The van der Waals surface area contributed by atoms with Crippen LogP contribution in [0.3, 0.4) is 0 Å². The number of benzene rings is 3. The standard InChI is InChI=1S/C35H30F3N3O3S/c1-2-40(34-30(27-17-8-9-18-29(27)45-34)31(42)39-20-22-11-4-3-5-12-22)21-28-25-15-6-7-16-26(25)32(43)41(33(28)44)24-14-10-13-23(19-24)35(36,37)38/h3-7,10-16,19,21H,2,8-9,17-18,20H2,1H3,(H,39,42). The number of carbonyl (C=O) groups is 3. The smallest absolute Gasteiger partial charge is 0.348 e. The summed E-state index contributed by atoms with van der Waals surface area (Å²) in [7, 11) is 0. The summed E-state index contributed by atoms with van der Waals surface area (Å²) in [5.41, 5.74) is 2.15. The molecule has 0 unspecified atom stereocenters. The van der Waals surface area contributed by atoms with Gasteiger partial charge in [-0.15, -0.1) is 11.3 Å². The Bertz CT molecular complexity index is 1810. The van der Waals surface area contributed by atoms with Gasteiger partial charge in [-0.2, -0.15) is 13.2 Å². The highest BCUT2D eigenvalue weighted by Crippen LogP contribution is 2.42. The normalized spacial score (nSPS) is 15.6. The van der Waals surface area contributed by atoms with Gasteiger partial charge in [-0.1, -0.05) is 54.6 Å². The molecule has 6 rings (SSSR count). The van der Waals surface area contributed by atoms with E-state index in [0.717, 1.165) is 58.7 Å². The molecule has 3 amide bonds. The Labute approximate surface area is 262 Å². The Kier molecular flexibility index (Phi) is 8.33. The number of alkyl halides is 3. The Morgan fingerprint density at radius 3 is 2.38 bits per heavy atom. The molecule has 6 nitrogen and oxygen atoms in total. The first kappa shape index (κ1) is 30.3. The third-order valence-electron chi connectivity index (χ3n) is 8.08. The Morgan fingerprint density at radius 2 is 1.64 bits per heavy atom. The van der Waals surface area contributed by atoms with Gasteiger partial charge in [0.05, 0.1) is 22.4 Å². The molecule has 0 saturated heterocycles. The van der Waals surface area contributed by atoms with Crippen molar-refractivity contribution in [3.8, 4) is 0 Å². The van der Waals surface area contributed by atoms with Crippen LogP contribution in [0.2, 0.25) is 0 Å². The number of aryl methyl sites for hydroxylation is 1. The minimum atomic E-state index is -4.65. The second-order valence-electron chi connectivity index (χ2n) is 10.9. The highest BCUT2D eigenvalue weighted by Gasteiger charge is 2.38. The van der Waals surface area contributed by atoms with Crippen LogP contribution in [0, 0.1) is 0 Å². The van der Waals surface area contributed by atoms with Crippen LogP contribution >= 0.6 is 11.3 Å². The van der Waals surface area contributed by atoms with E-state index in [1.54, 1.807) is 30.5 Å². The van der Waals surface area contributed by atoms with Gasteiger partial charge in [-0.25, -0.2) is 4.90 Å². The molecule has 0 spiro atoms. The number of fused-ring (bicyclic) bond motifs is 2. The van der Waals surface area contributed by atoms with E-state index in [1.807, 2.05) is 42.2 Å². The third kappa shape index (κ3) is 5.90. The fourth-order valence-corrected chi connectivity index (χ4v) is 7.26. The molecule has 1 aromatic heterocycles. The lowest BCUT2D eigenvalue weighted by Crippen LogP contribution is -2.42. The number of hydrogen-bond acceptors (Lipinski definition) is 5. The van der Waals surface area contributed by atoms with Crippen molar-refractivity contribution >= 4 is 45.3 Å². The first-order valence-electron chi connectivity index (χ1n) is 14.8. The average molecular weight is 630 g/mol. The molecule has 10 heteroatoms. The van der Waals surface area contributed by atoms with Gasteiger partial charge >= 0.3 is 6.18 Å². The molecule has 45 heavy (non-hydrogen) atoms. The molecule has 2 heterocycles. The Hall–Kier alpha value is -4.70. The van der Waals surface area contributed by atoms with Crippen molar-refractivity contribution in [3.63, 3.8) is 0 Å². The maximum atomic E-state index is 14.1. The molecule has 1 aliphatic heterocycles. The second kappa shape index (κ2) is 12.4. The number of carbonyl (C=O) groups excluding carboxylic acids is 3. The number of amides is 3. The molecule has 1 N–H and O–H groups in total. The second-order valence-corrected chi connectivity index (χ2v) is 12.0. The molecular formula is C35H30F3N3O3S. The van der Waals surface area contributed by atoms with E-state index in [0.29, 0.717) is 29.2 Å². The summed E-state index contributed by atoms with van der Waals surface area (Å²) in [6.45, 7) is 2.65. The zero-order valence-corrected chi connectivity index (χ0v) is 25.3. The van der Waals surface area contributed by atoms with Gasteiger partial charge in [0.25, 0.3) is 17.7 Å². The molecular weight excluding hydrogens is 599 g/mol. The van der Waals surface area contributed by atoms with E-state index in [9.17, 15) is 27.6 Å². The van der Waals surface area contributed by atoms with Crippen molar-refractivity contribution in [2.24, 2.45) is 0 Å². The van der Waals surface area contributed by atoms with Crippen molar-refractivity contribution in [2.45, 2.75) is 45.3 Å². The van der Waals surface area contributed by atoms with Crippen LogP contribution in [0.25, 0.3) is 5.57 Å². The first-order valence-corrected chi connectivity index (χ1v) is 15.6. The predicted molar refractivity (Wildman–Crippen MR) is 169 cm³/mol. The molecule has 0 fully saturated rings. The quantitative estimate of drug-likeness (QED) is 0.169. The lowest BCUT2D eigenvalue weighted by atomic mass is 9.93. The van der Waals surface area contributed by atoms with Gasteiger partial charge in [0.2, 0.25) is 0 Å². The Balaban J connectivity index is 1.43. The van der Waals surface area contributed by atoms with Crippen molar-refractivity contribution in [2.75, 3.05) is 16.3 Å². The highest BCUT2D eigenvalue weighted by atomic mass is 32.1. The minimum absolute atomic E-state index is 0.145. The van der Waals surface area contributed by atoms with Gasteiger partial charge in [-0.3, -0.25) is 14.4 Å². The Morgan fingerprint density at radius 1 is 0.933 bits per heavy atom. The monoisotopic (exact) mass is 629 g/mol. The van der Waals surface area contributed by atoms with Crippen LogP contribution in [-0.4, -0.2) is 24.3 Å². The molecule has 0 bridgehead atoms. The molecule has 0 saturated carbocycles. The zero-order valence-electron chi connectivity index (χ0n) is 24.5. The fraction of sp³-hybridized carbons (Fsp3) is 0.229. The van der Waals surface area contributed by atoms with Gasteiger partial charge in [0.15, 0.2) is 0 Å². The van der Waals surface area contributed by atoms with Crippen LogP contribution in [0.5, 0.6) is 0 Å². The topological polar surface area (TPSA) is 69.7 Å². The number of nitrogens with one attached hydrogen (secondary N) is 1. The summed E-state index contributed by atoms with van der Waals surface area (Å²) >= 11 is 1.52. The molecule has 4 aromatic rings. The van der Waals surface area contributed by atoms with Crippen molar-refractivity contribution in [1.82, 2.24) is 5.32 Å². The van der Waals surface area contributed by atoms with Crippen LogP contribution in [-0.2, 0) is 30.4 Å². The van der Waals surface area contributed by atoms with Crippen molar-refractivity contribution < 1.29 is 27.6 Å². The number of nitrogens with zero attached hydrogens (tertiary/aromatic N) is 2. The van der Waals surface area contributed by atoms with E-state index in [2.05, 4.69) is 5.32 Å². The summed E-state index contributed by atoms with van der Waals surface area (Å²) in [6.07, 6.45) is 0.587. The van der Waals surface area contributed by atoms with Crippen LogP contribution in [0.1, 0.15) is 67.6 Å². The van der Waals surface area contributed by atoms with E-state index in [4.69, 9.17) is 0 Å². The van der Waals surface area contributed by atoms with Crippen LogP contribution in [0.15, 0.2) is 85.1 Å². The number of anilines is 2. The van der Waals surface area contributed by atoms with Crippen molar-refractivity contribution in [1.29, 1.82) is 0 Å². The number of halogens is 3. The molecule has 0 atom stereocenters. The van der Waals surface area contributed by atoms with Crippen molar-refractivity contribution in [3.05, 3.63) is 123 Å². The third-order valence-corrected chi connectivity index (χ3v) is 9.41. The minimum Gasteiger partial charge on any atom is -0.348 e. The van der Waals surface area contributed by atoms with Gasteiger partial charge in [0, 0.05) is 35.3 Å². The summed E-state index contributed by atoms with van der Waals surface area (Å²) in [5.74, 6) is -1.66. The van der Waals surface area contributed by atoms with E-state index in [-0.39, 0.29) is 22.7 Å². The maximum absolute atomic E-state index is 14.1. The lowest BCUT2D eigenvalue weighted by molar-refractivity contribution is -0.137. The van der Waals surface area contributed by atoms with Gasteiger partial charge in [-0.05, 0) is 68.0 Å². The fourth-order valence-electron chi connectivity index (χ4n) is 5.84. The van der Waals surface area contributed by atoms with E-state index in [1.165, 1.54) is 23.5 Å². The summed E-state index contributed by atoms with van der Waals surface area (Å²) < 4.78 is 40.7. The number of rotatable bonds is 7. The highest BCUT2D eigenvalue weighted by molar-refractivity contribution is 7.16. The SMILES string of the molecule is CCN(C=C1C(=O)N(c2cccc(C(F)(F)F)c2)C(=O)c2ccccc21)c1sc2c(c1C(=O)NCc1ccccc1)CCCC2. The summed E-state index contributed by atoms with van der Waals surface area (Å²) in [6, 6.07) is 20.4. The van der Waals surface area contributed by atoms with Crippen LogP contribution < -0.4 is 15.1 Å². The van der Waals surface area contributed by atoms with Gasteiger partial charge in [0.1, 0.15) is 5.00 Å². The molecule has 0 radical (unpaired) electrons. The molecule has 230 valence electrons. The summed E-state index contributed by atoms with van der Waals surface area (Å²) in [5, 5.41) is 3.75. The first-order chi connectivity index (χ1) is 21.7. The molecule has 1 aliphatic carbocycles. The summed E-state index contributed by atoms with van der Waals surface area (Å²) in [4.78, 5) is 45.2. The predicted octanol–water partition coefficient (Wildman–Crippen LogP) is 7.63. The average Bonchev–Trinajstić information content (AvgIpc) is 3.43. The number of hydrogen-bond donors (Lipinski definition) is 1. The molecule has 3 aromatic carbocycles.